The van der Waals surface area contributed by atoms with Crippen LogP contribution in [0.2, 0.25) is 0 Å². The van der Waals surface area contributed by atoms with Gasteiger partial charge < -0.3 is 0 Å². The van der Waals surface area contributed by atoms with Gasteiger partial charge in [0.2, 0.25) is 0 Å². The molecule has 0 aliphatic carbocycles. The molecule has 0 heterocycles. The lowest BCUT2D eigenvalue weighted by molar-refractivity contribution is 1.64. The van der Waals surface area contributed by atoms with Crippen molar-refractivity contribution in [1.29, 1.82) is 0 Å². The van der Waals surface area contributed by atoms with E-state index in [0.717, 1.165) is 22.3 Å². The summed E-state index contributed by atoms with van der Waals surface area (Å²) in [7, 11) is 0. The van der Waals surface area contributed by atoms with E-state index in [9.17, 15) is 0 Å². The van der Waals surface area contributed by atoms with E-state index in [1.54, 1.807) is 0 Å². The second-order valence-corrected chi connectivity index (χ2v) is 7.88. The van der Waals surface area contributed by atoms with Gasteiger partial charge in [-0.3, -0.25) is 0 Å². The Morgan fingerprint density at radius 2 is 0.750 bits per heavy atom. The quantitative estimate of drug-likeness (QED) is 0.184. The molecule has 0 saturated heterocycles. The van der Waals surface area contributed by atoms with Gasteiger partial charge in [0.1, 0.15) is 0 Å². The van der Waals surface area contributed by atoms with Crippen molar-refractivity contribution in [3.63, 3.8) is 0 Å². The fraction of sp³-hybridized carbons (Fsp3) is 0. The van der Waals surface area contributed by atoms with Crippen LogP contribution in [0.3, 0.4) is 0 Å². The lowest BCUT2D eigenvalue weighted by Gasteiger charge is -2.13. The molecule has 0 radical (unpaired) electrons. The molecule has 0 fully saturated rings. The molecule has 32 heavy (non-hydrogen) atoms. The van der Waals surface area contributed by atoms with E-state index in [1.165, 1.54) is 32.3 Å². The normalized spacial score (nSPS) is 10.6. The molecule has 0 aliphatic rings. The Labute approximate surface area is 187 Å². The third-order valence-corrected chi connectivity index (χ3v) is 5.90. The summed E-state index contributed by atoms with van der Waals surface area (Å²) in [4.78, 5) is 0. The molecule has 0 unspecified atom stereocenters. The number of hydrogen-bond acceptors (Lipinski definition) is 0. The minimum atomic E-state index is 1.02. The average molecular weight is 402 g/mol. The zero-order valence-corrected chi connectivity index (χ0v) is 17.4. The van der Waals surface area contributed by atoms with Gasteiger partial charge in [-0.2, -0.15) is 0 Å². The number of benzene rings is 6. The maximum Gasteiger partial charge on any atom is 0.0328 e. The van der Waals surface area contributed by atoms with Crippen molar-refractivity contribution in [2.45, 2.75) is 0 Å². The Kier molecular flexibility index (Phi) is 4.35. The first-order chi connectivity index (χ1) is 15.9. The van der Waals surface area contributed by atoms with Crippen molar-refractivity contribution < 1.29 is 0 Å². The van der Waals surface area contributed by atoms with Crippen LogP contribution < -0.4 is 0 Å². The van der Waals surface area contributed by atoms with Crippen molar-refractivity contribution in [3.05, 3.63) is 131 Å². The Hall–Kier alpha value is -4.52. The highest BCUT2D eigenvalue weighted by atomic mass is 14.1. The van der Waals surface area contributed by atoms with E-state index in [-0.39, 0.29) is 0 Å². The minimum absolute atomic E-state index is 1.02. The summed E-state index contributed by atoms with van der Waals surface area (Å²) in [5.74, 6) is 13.4. The Morgan fingerprint density at radius 3 is 1.19 bits per heavy atom. The molecule has 0 aromatic heterocycles. The summed E-state index contributed by atoms with van der Waals surface area (Å²) in [6, 6.07) is 37.7. The molecule has 0 nitrogen and oxygen atoms in total. The number of hydrogen-bond donors (Lipinski definition) is 0. The van der Waals surface area contributed by atoms with Gasteiger partial charge in [0.05, 0.1) is 0 Å². The van der Waals surface area contributed by atoms with Gasteiger partial charge in [-0.25, -0.2) is 0 Å². The molecule has 0 spiro atoms. The van der Waals surface area contributed by atoms with Gasteiger partial charge in [0.25, 0.3) is 0 Å². The average Bonchev–Trinajstić information content (AvgIpc) is 2.86. The van der Waals surface area contributed by atoms with Gasteiger partial charge in [-0.05, 0) is 68.7 Å². The SMILES string of the molecule is C(#Cc1ccc2ccc3c(C#Cc4ccccc4)ccc4ccc1c2c43)c1ccccc1. The van der Waals surface area contributed by atoms with Crippen LogP contribution in [0.5, 0.6) is 0 Å². The Balaban J connectivity index is 1.57. The fourth-order valence-corrected chi connectivity index (χ4v) is 4.34. The zero-order valence-electron chi connectivity index (χ0n) is 17.4. The van der Waals surface area contributed by atoms with Crippen LogP contribution in [0.1, 0.15) is 22.3 Å². The molecule has 0 N–H and O–H groups in total. The molecule has 6 aromatic rings. The summed E-state index contributed by atoms with van der Waals surface area (Å²) in [6.45, 7) is 0. The zero-order chi connectivity index (χ0) is 21.3. The maximum atomic E-state index is 3.40. The molecule has 0 bridgehead atoms. The van der Waals surface area contributed by atoms with E-state index < -0.39 is 0 Å². The van der Waals surface area contributed by atoms with E-state index >= 15 is 0 Å². The third-order valence-electron chi connectivity index (χ3n) is 5.90. The second-order valence-electron chi connectivity index (χ2n) is 7.88. The van der Waals surface area contributed by atoms with Crippen LogP contribution >= 0.6 is 0 Å². The predicted molar refractivity (Wildman–Crippen MR) is 135 cm³/mol. The first-order valence-electron chi connectivity index (χ1n) is 10.7. The van der Waals surface area contributed by atoms with E-state index in [2.05, 4.69) is 72.2 Å². The van der Waals surface area contributed by atoms with Crippen LogP contribution in [0.4, 0.5) is 0 Å². The Bertz CT molecular complexity index is 1570. The summed E-state index contributed by atoms with van der Waals surface area (Å²) >= 11 is 0. The van der Waals surface area contributed by atoms with Crippen molar-refractivity contribution >= 4 is 32.3 Å². The number of rotatable bonds is 0. The summed E-state index contributed by atoms with van der Waals surface area (Å²) in [5, 5.41) is 7.38. The molecule has 0 amide bonds. The predicted octanol–water partition coefficient (Wildman–Crippen LogP) is 7.38. The topological polar surface area (TPSA) is 0 Å². The van der Waals surface area contributed by atoms with Gasteiger partial charge >= 0.3 is 0 Å². The highest BCUT2D eigenvalue weighted by molar-refractivity contribution is 6.24. The summed E-state index contributed by atoms with van der Waals surface area (Å²) in [5.41, 5.74) is 4.15. The lowest BCUT2D eigenvalue weighted by Crippen LogP contribution is -1.89. The standard InChI is InChI=1S/C32H18/c1-3-7-23(8-4-1)11-13-25-15-17-27-20-22-30-26(14-12-24-9-5-2-6-10-24)16-18-28-19-21-29(25)31(27)32(28)30/h1-10,15-22H. The monoisotopic (exact) mass is 402 g/mol. The minimum Gasteiger partial charge on any atom is -0.0622 e. The molecular formula is C32H18. The fourth-order valence-electron chi connectivity index (χ4n) is 4.34. The van der Waals surface area contributed by atoms with Crippen LogP contribution in [0.25, 0.3) is 32.3 Å². The Morgan fingerprint density at radius 1 is 0.344 bits per heavy atom. The van der Waals surface area contributed by atoms with Gasteiger partial charge in [0, 0.05) is 22.3 Å². The van der Waals surface area contributed by atoms with Gasteiger partial charge in [-0.15, -0.1) is 0 Å². The molecule has 146 valence electrons. The van der Waals surface area contributed by atoms with Gasteiger partial charge in [-0.1, -0.05) is 96.5 Å². The smallest absolute Gasteiger partial charge is 0.0328 e. The molecule has 0 saturated carbocycles. The first kappa shape index (κ1) is 18.3. The van der Waals surface area contributed by atoms with Crippen LogP contribution in [-0.2, 0) is 0 Å². The highest BCUT2D eigenvalue weighted by Crippen LogP contribution is 2.37. The highest BCUT2D eigenvalue weighted by Gasteiger charge is 2.12. The van der Waals surface area contributed by atoms with Crippen molar-refractivity contribution in [2.24, 2.45) is 0 Å². The lowest BCUT2D eigenvalue weighted by atomic mass is 9.90. The van der Waals surface area contributed by atoms with Crippen molar-refractivity contribution in [3.8, 4) is 23.7 Å². The molecule has 6 rings (SSSR count). The third kappa shape index (κ3) is 3.16. The molecular weight excluding hydrogens is 384 g/mol. The van der Waals surface area contributed by atoms with Crippen LogP contribution in [0.15, 0.2) is 109 Å². The largest absolute Gasteiger partial charge is 0.0622 e. The van der Waals surface area contributed by atoms with E-state index in [4.69, 9.17) is 0 Å². The molecule has 0 heteroatoms. The second kappa shape index (κ2) is 7.63. The van der Waals surface area contributed by atoms with E-state index in [0.29, 0.717) is 0 Å². The molecule has 0 aliphatic heterocycles. The van der Waals surface area contributed by atoms with Crippen molar-refractivity contribution in [1.82, 2.24) is 0 Å². The van der Waals surface area contributed by atoms with Crippen LogP contribution in [-0.4, -0.2) is 0 Å². The molecule has 6 aromatic carbocycles. The van der Waals surface area contributed by atoms with Gasteiger partial charge in [0.15, 0.2) is 0 Å². The maximum absolute atomic E-state index is 3.40. The molecule has 0 atom stereocenters. The summed E-state index contributed by atoms with van der Waals surface area (Å²) < 4.78 is 0. The van der Waals surface area contributed by atoms with Crippen LogP contribution in [0, 0.1) is 23.7 Å². The van der Waals surface area contributed by atoms with E-state index in [1.807, 2.05) is 60.7 Å². The van der Waals surface area contributed by atoms with Crippen molar-refractivity contribution in [2.75, 3.05) is 0 Å². The summed E-state index contributed by atoms with van der Waals surface area (Å²) in [6.07, 6.45) is 0. The first-order valence-corrected chi connectivity index (χ1v) is 10.7.